The van der Waals surface area contributed by atoms with E-state index in [0.717, 1.165) is 182 Å². The third kappa shape index (κ3) is 20.8. The zero-order valence-electron chi connectivity index (χ0n) is 86.8. The summed E-state index contributed by atoms with van der Waals surface area (Å²) in [4.78, 5) is 73.3. The van der Waals surface area contributed by atoms with Crippen molar-refractivity contribution in [1.29, 1.82) is 0 Å². The zero-order valence-corrected chi connectivity index (χ0v) is 86.8. The third-order valence-electron chi connectivity index (χ3n) is 41.6. The second-order valence-electron chi connectivity index (χ2n) is 49.2. The highest BCUT2D eigenvalue weighted by Gasteiger charge is 2.65. The van der Waals surface area contributed by atoms with E-state index in [1.807, 2.05) is 96.9 Å². The van der Waals surface area contributed by atoms with Gasteiger partial charge in [0.1, 0.15) is 60.4 Å². The van der Waals surface area contributed by atoms with E-state index in [9.17, 15) is 28.8 Å². The van der Waals surface area contributed by atoms with Crippen molar-refractivity contribution in [2.75, 3.05) is 5.32 Å². The number of allylic oxidation sites excluding steroid dienone is 8. The summed E-state index contributed by atoms with van der Waals surface area (Å²) < 4.78 is 45.4. The minimum absolute atomic E-state index is 0.00750. The summed E-state index contributed by atoms with van der Waals surface area (Å²) in [7, 11) is 0. The molecule has 1 amide bonds. The number of anilines is 1. The van der Waals surface area contributed by atoms with Crippen molar-refractivity contribution >= 4 is 41.8 Å². The quantitative estimate of drug-likeness (QED) is 0.0737. The van der Waals surface area contributed by atoms with Gasteiger partial charge in [-0.3, -0.25) is 14.9 Å². The summed E-state index contributed by atoms with van der Waals surface area (Å²) in [6, 6.07) is 7.76. The number of carbonyl (C=O) groups is 6. The Bertz CT molecular complexity index is 4370. The van der Waals surface area contributed by atoms with Crippen molar-refractivity contribution < 1.29 is 66.7 Å². The average molecular weight is 1830 g/mol. The summed E-state index contributed by atoms with van der Waals surface area (Å²) in [5, 5.41) is 2.86. The number of hydrogen-bond donors (Lipinski definition) is 1. The fraction of sp³-hybridized carbons (Fsp3) is 0.812. The van der Waals surface area contributed by atoms with Gasteiger partial charge in [-0.15, -0.1) is 0 Å². The SMILES string of the molecule is CCC(C)OC(=O)Nc1cccc(OC2CCC3(C)C(=CCC4C3CCC3(C)C(C(C)C=CC(C)C(C)C)CCC43)C2)c1.CCC(C)OC(=O)OC1CCC2(C)C(CCC3C4CCC(=O)C4(C)CCC32)C1.CCC(C)OC(=O)OC1CCC2(C)C3=C(CCC2C1)C1CCC(C(C)C=C(C)C)C1(C)CC3.CCC(C)OC(=O)OC1CCC2C3CCC4=CC(=O)CCC4(C)C3CCC12C. The predicted octanol–water partition coefficient (Wildman–Crippen LogP) is 31.2. The standard InChI is InChI=1S/C39H59NO3.C30H48O3.C24H38O4.C24H36O4/c1-9-28(6)42-37(41)40-30-11-10-12-31(24-30)43-32-19-21-38(7)29(23-32)15-16-33-35-18-17-34(39(35,8)22-20-36(33)38)27(5)14-13-26(4)25(2)3;1-8-21(5)32-28(31)33-23-13-15-29(6)22(18-23)9-10-24-26-12-11-25(20(4)17-19(2)3)30(26,7)16-14-27(24)29;1-5-15(2)27-22(26)28-17-10-12-23(3)16(14-17)6-7-18-19-8-9-21(25)24(19,4)13-11-20(18)23;1-5-15(2)27-22(26)28-21-9-8-19-18-7-6-16-14-17(25)10-12-23(16,3)20(18)11-13-24(19,21)4/h10-15,24-28,32-36H,9,16-23H2,1-8H3,(H,40,41);17,20-23,25-26H,8-16,18H2,1-7H3;15-20H,5-14H2,1-4H3;14-15,18-21H,5-13H2,1-4H3. The molecule has 12 fully saturated rings. The van der Waals surface area contributed by atoms with Crippen LogP contribution >= 0.6 is 0 Å². The molecule has 33 unspecified atom stereocenters. The van der Waals surface area contributed by atoms with Crippen LogP contribution in [0.4, 0.5) is 24.9 Å². The van der Waals surface area contributed by atoms with Crippen LogP contribution in [-0.4, -0.2) is 85.0 Å². The highest BCUT2D eigenvalue weighted by molar-refractivity contribution is 5.91. The Labute approximate surface area is 799 Å². The molecule has 0 aliphatic heterocycles. The highest BCUT2D eigenvalue weighted by atomic mass is 16.7. The molecule has 738 valence electrons. The number of hydrogen-bond acceptors (Lipinski definition) is 14. The van der Waals surface area contributed by atoms with E-state index >= 15 is 0 Å². The first-order valence-electron chi connectivity index (χ1n) is 54.5. The summed E-state index contributed by atoms with van der Waals surface area (Å²) in [6.07, 6.45) is 52.8. The third-order valence-corrected chi connectivity index (χ3v) is 41.6. The molecule has 0 bridgehead atoms. The molecule has 12 saturated carbocycles. The van der Waals surface area contributed by atoms with E-state index in [1.165, 1.54) is 120 Å². The molecule has 0 radical (unpaired) electrons. The predicted molar refractivity (Wildman–Crippen MR) is 529 cm³/mol. The van der Waals surface area contributed by atoms with Crippen LogP contribution in [0.15, 0.2) is 82.5 Å². The van der Waals surface area contributed by atoms with Gasteiger partial charge in [-0.1, -0.05) is 176 Å². The van der Waals surface area contributed by atoms with E-state index in [-0.39, 0.29) is 65.1 Å². The lowest BCUT2D eigenvalue weighted by Crippen LogP contribution is -2.54. The summed E-state index contributed by atoms with van der Waals surface area (Å²) >= 11 is 0. The number of amides is 1. The van der Waals surface area contributed by atoms with Gasteiger partial charge in [0.15, 0.2) is 5.78 Å². The van der Waals surface area contributed by atoms with Crippen molar-refractivity contribution in [3.63, 3.8) is 0 Å². The maximum absolute atomic E-state index is 12.6. The van der Waals surface area contributed by atoms with E-state index in [2.05, 4.69) is 133 Å². The fourth-order valence-corrected chi connectivity index (χ4v) is 32.7. The van der Waals surface area contributed by atoms with Gasteiger partial charge in [-0.25, -0.2) is 19.2 Å². The zero-order chi connectivity index (χ0) is 95.1. The molecule has 16 aliphatic rings. The van der Waals surface area contributed by atoms with Crippen molar-refractivity contribution in [3.8, 4) is 5.75 Å². The van der Waals surface area contributed by atoms with Crippen LogP contribution in [0.2, 0.25) is 0 Å². The van der Waals surface area contributed by atoms with Gasteiger partial charge in [0.2, 0.25) is 0 Å². The molecule has 1 aromatic rings. The Kier molecular flexibility index (Phi) is 32.2. The lowest BCUT2D eigenvalue weighted by atomic mass is 9.45. The lowest BCUT2D eigenvalue weighted by Gasteiger charge is -2.60. The van der Waals surface area contributed by atoms with Crippen LogP contribution in [-0.2, 0) is 42.7 Å². The molecule has 33 atom stereocenters. The minimum atomic E-state index is -0.491. The molecule has 15 nitrogen and oxygen atoms in total. The summed E-state index contributed by atoms with van der Waals surface area (Å²) in [5.74, 6) is 14.6. The molecule has 0 aromatic heterocycles. The maximum atomic E-state index is 12.6. The van der Waals surface area contributed by atoms with Gasteiger partial charge in [-0.05, 0) is 423 Å². The molecular weight excluding hydrogens is 1640 g/mol. The lowest BCUT2D eigenvalue weighted by molar-refractivity contribution is -0.143. The van der Waals surface area contributed by atoms with Gasteiger partial charge >= 0.3 is 24.6 Å². The molecule has 1 N–H and O–H groups in total. The van der Waals surface area contributed by atoms with Gasteiger partial charge in [-0.2, -0.15) is 0 Å². The number of carbonyl (C=O) groups excluding carboxylic acids is 6. The number of rotatable bonds is 20. The first kappa shape index (κ1) is 102. The Morgan fingerprint density at radius 1 is 0.455 bits per heavy atom. The molecule has 15 heteroatoms. The molecule has 0 saturated heterocycles. The van der Waals surface area contributed by atoms with E-state index in [1.54, 1.807) is 5.57 Å². The largest absolute Gasteiger partial charge is 0.508 e. The number of ketones is 2. The number of Topliss-reactive ketones (excluding diaryl/α,β-unsaturated/α-hetero) is 1. The van der Waals surface area contributed by atoms with Crippen LogP contribution in [0.25, 0.3) is 0 Å². The van der Waals surface area contributed by atoms with Gasteiger partial charge in [0.25, 0.3) is 0 Å². The topological polar surface area (TPSA) is 188 Å². The fourth-order valence-electron chi connectivity index (χ4n) is 32.7. The highest BCUT2D eigenvalue weighted by Crippen LogP contribution is 2.72. The average Bonchev–Trinajstić information content (AvgIpc) is 1.52. The van der Waals surface area contributed by atoms with Crippen LogP contribution in [0.1, 0.15) is 403 Å². The first-order chi connectivity index (χ1) is 62.6. The van der Waals surface area contributed by atoms with Crippen molar-refractivity contribution in [2.45, 2.75) is 452 Å². The Hall–Kier alpha value is -5.86. The van der Waals surface area contributed by atoms with Crippen LogP contribution < -0.4 is 10.1 Å². The molecule has 16 aliphatic carbocycles. The monoisotopic (exact) mass is 1820 g/mol. The smallest absolute Gasteiger partial charge is 0.490 e. The van der Waals surface area contributed by atoms with Crippen molar-refractivity contribution in [1.82, 2.24) is 0 Å². The van der Waals surface area contributed by atoms with Crippen molar-refractivity contribution in [3.05, 3.63) is 82.5 Å². The van der Waals surface area contributed by atoms with Crippen molar-refractivity contribution in [2.24, 2.45) is 150 Å². The maximum Gasteiger partial charge on any atom is 0.508 e. The molecule has 17 rings (SSSR count). The molecule has 0 heterocycles. The van der Waals surface area contributed by atoms with Crippen LogP contribution in [0, 0.1) is 150 Å². The number of fused-ring (bicyclic) bond motifs is 19. The Morgan fingerprint density at radius 2 is 1.01 bits per heavy atom. The second kappa shape index (κ2) is 41.7. The summed E-state index contributed by atoms with van der Waals surface area (Å²) in [5.41, 5.74) is 11.0. The van der Waals surface area contributed by atoms with Crippen LogP contribution in [0.3, 0.4) is 0 Å². The van der Waals surface area contributed by atoms with E-state index < -0.39 is 24.6 Å². The Balaban J connectivity index is 0.000000144. The number of benzene rings is 1. The van der Waals surface area contributed by atoms with E-state index in [0.29, 0.717) is 110 Å². The molecule has 0 spiro atoms. The molecule has 132 heavy (non-hydrogen) atoms. The molecule has 1 aromatic carbocycles. The second-order valence-corrected chi connectivity index (χ2v) is 49.2. The van der Waals surface area contributed by atoms with E-state index in [4.69, 9.17) is 37.9 Å². The van der Waals surface area contributed by atoms with Crippen LogP contribution in [0.5, 0.6) is 5.75 Å². The van der Waals surface area contributed by atoms with Gasteiger partial charge in [0, 0.05) is 41.8 Å². The van der Waals surface area contributed by atoms with Gasteiger partial charge < -0.3 is 37.9 Å². The first-order valence-corrected chi connectivity index (χ1v) is 54.5. The summed E-state index contributed by atoms with van der Waals surface area (Å²) in [6.45, 7) is 52.2. The molecular formula is C117H181NO14. The Morgan fingerprint density at radius 3 is 1.68 bits per heavy atom. The van der Waals surface area contributed by atoms with Gasteiger partial charge in [0.05, 0.1) is 0 Å². The minimum Gasteiger partial charge on any atom is -0.490 e. The normalized spacial score (nSPS) is 40.5. The number of ether oxygens (including phenoxy) is 8. The number of nitrogens with one attached hydrogen (secondary N) is 1.